The number of ketones is 1. The van der Waals surface area contributed by atoms with Crippen LogP contribution in [-0.4, -0.2) is 21.2 Å². The van der Waals surface area contributed by atoms with Crippen LogP contribution < -0.4 is 0 Å². The van der Waals surface area contributed by atoms with E-state index in [0.717, 1.165) is 45.8 Å². The molecule has 4 rings (SSSR count). The van der Waals surface area contributed by atoms with Crippen LogP contribution in [0.1, 0.15) is 54.4 Å². The molecule has 0 radical (unpaired) electrons. The van der Waals surface area contributed by atoms with Crippen molar-refractivity contribution in [1.82, 2.24) is 4.57 Å². The summed E-state index contributed by atoms with van der Waals surface area (Å²) in [4.78, 5) is 17.7. The minimum absolute atomic E-state index is 0.0514. The first kappa shape index (κ1) is 20.9. The summed E-state index contributed by atoms with van der Waals surface area (Å²) in [7, 11) is 0. The van der Waals surface area contributed by atoms with Gasteiger partial charge < -0.3 is 9.67 Å². The average Bonchev–Trinajstić information content (AvgIpc) is 3.18. The molecule has 0 amide bonds. The number of allylic oxidation sites excluding steroid dienone is 4. The van der Waals surface area contributed by atoms with Crippen molar-refractivity contribution in [3.63, 3.8) is 0 Å². The van der Waals surface area contributed by atoms with Crippen molar-refractivity contribution in [1.29, 1.82) is 0 Å². The lowest BCUT2D eigenvalue weighted by molar-refractivity contribution is -0.111. The van der Waals surface area contributed by atoms with Crippen LogP contribution in [0.15, 0.2) is 64.5 Å². The van der Waals surface area contributed by atoms with Crippen molar-refractivity contribution < 1.29 is 9.90 Å². The Hall–Kier alpha value is -3.40. The third-order valence-corrected chi connectivity index (χ3v) is 6.29. The van der Waals surface area contributed by atoms with Gasteiger partial charge in [-0.15, -0.1) is 0 Å². The summed E-state index contributed by atoms with van der Waals surface area (Å²) in [5.74, 6) is -0.0846. The number of carbonyl (C=O) groups is 1. The second-order valence-electron chi connectivity index (χ2n) is 8.28. The molecular weight excluding hydrogens is 384 g/mol. The molecule has 0 saturated heterocycles. The highest BCUT2D eigenvalue weighted by Crippen LogP contribution is 2.43. The minimum Gasteiger partial charge on any atom is -0.506 e. The molecule has 1 N–H and O–H groups in total. The lowest BCUT2D eigenvalue weighted by Gasteiger charge is -2.25. The fourth-order valence-corrected chi connectivity index (χ4v) is 4.76. The quantitative estimate of drug-likeness (QED) is 0.623. The van der Waals surface area contributed by atoms with Gasteiger partial charge in [0.05, 0.1) is 22.5 Å². The van der Waals surface area contributed by atoms with Crippen molar-refractivity contribution in [2.75, 3.05) is 0 Å². The van der Waals surface area contributed by atoms with E-state index in [1.165, 1.54) is 5.56 Å². The molecule has 2 aliphatic rings. The number of Topliss-reactive ketones (excluding diaryl/α,β-unsaturated/α-hetero) is 1. The number of carbonyl (C=O) groups excluding carboxylic acids is 1. The van der Waals surface area contributed by atoms with E-state index < -0.39 is 0 Å². The molecule has 0 atom stereocenters. The van der Waals surface area contributed by atoms with Gasteiger partial charge in [0, 0.05) is 18.0 Å². The van der Waals surface area contributed by atoms with Crippen molar-refractivity contribution in [3.8, 4) is 0 Å². The van der Waals surface area contributed by atoms with Crippen LogP contribution in [0.3, 0.4) is 0 Å². The molecule has 0 bridgehead atoms. The van der Waals surface area contributed by atoms with Crippen LogP contribution in [0.2, 0.25) is 0 Å². The Bertz CT molecular complexity index is 1260. The Balaban J connectivity index is 1.88. The molecule has 4 nitrogen and oxygen atoms in total. The lowest BCUT2D eigenvalue weighted by Crippen LogP contribution is -2.25. The fourth-order valence-electron chi connectivity index (χ4n) is 4.76. The van der Waals surface area contributed by atoms with Gasteiger partial charge in [0.2, 0.25) is 5.78 Å². The number of aliphatic imine (C=N–C) groups is 1. The summed E-state index contributed by atoms with van der Waals surface area (Å²) in [6.07, 6.45) is 4.63. The number of aromatic nitrogens is 1. The molecule has 0 saturated carbocycles. The van der Waals surface area contributed by atoms with Crippen molar-refractivity contribution >= 4 is 23.1 Å². The minimum atomic E-state index is -0.136. The van der Waals surface area contributed by atoms with E-state index in [2.05, 4.69) is 42.1 Å². The zero-order valence-corrected chi connectivity index (χ0v) is 18.8. The van der Waals surface area contributed by atoms with Crippen LogP contribution in [0.25, 0.3) is 11.6 Å². The summed E-state index contributed by atoms with van der Waals surface area (Å²) in [6, 6.07) is 8.21. The molecule has 1 aromatic heterocycles. The molecule has 2 aromatic rings. The SMILES string of the molecule is C=Cc1cccc(Cn2c(C)c(CC)c(C)c2C2=C(O)/C(=C3/N=C(C)C=C3C)C2=O)c1. The van der Waals surface area contributed by atoms with Crippen molar-refractivity contribution in [2.45, 2.75) is 47.6 Å². The zero-order chi connectivity index (χ0) is 22.4. The predicted octanol–water partition coefficient (Wildman–Crippen LogP) is 5.89. The van der Waals surface area contributed by atoms with Gasteiger partial charge in [-0.05, 0) is 74.1 Å². The largest absolute Gasteiger partial charge is 0.506 e. The van der Waals surface area contributed by atoms with E-state index in [9.17, 15) is 9.90 Å². The van der Waals surface area contributed by atoms with Gasteiger partial charge in [0.15, 0.2) is 0 Å². The number of aliphatic hydroxyl groups is 1. The molecule has 2 heterocycles. The summed E-state index contributed by atoms with van der Waals surface area (Å²) in [6.45, 7) is 14.5. The zero-order valence-electron chi connectivity index (χ0n) is 18.8. The number of benzene rings is 1. The summed E-state index contributed by atoms with van der Waals surface area (Å²) in [5, 5.41) is 11.0. The summed E-state index contributed by atoms with van der Waals surface area (Å²) >= 11 is 0. The van der Waals surface area contributed by atoms with Gasteiger partial charge in [-0.2, -0.15) is 0 Å². The Morgan fingerprint density at radius 1 is 1.16 bits per heavy atom. The number of hydrogen-bond acceptors (Lipinski definition) is 3. The third kappa shape index (κ3) is 3.23. The van der Waals surface area contributed by atoms with E-state index in [1.54, 1.807) is 0 Å². The van der Waals surface area contributed by atoms with Gasteiger partial charge in [-0.3, -0.25) is 9.79 Å². The molecule has 31 heavy (non-hydrogen) atoms. The van der Waals surface area contributed by atoms with Crippen LogP contribution in [-0.2, 0) is 17.8 Å². The molecular formula is C27H28N2O2. The Labute approximate surface area is 183 Å². The maximum absolute atomic E-state index is 13.3. The maximum Gasteiger partial charge on any atom is 0.204 e. The van der Waals surface area contributed by atoms with E-state index in [0.29, 0.717) is 23.4 Å². The van der Waals surface area contributed by atoms with Gasteiger partial charge in [-0.25, -0.2) is 0 Å². The molecule has 1 aliphatic heterocycles. The van der Waals surface area contributed by atoms with Crippen molar-refractivity contribution in [2.24, 2.45) is 4.99 Å². The molecule has 1 aromatic carbocycles. The molecule has 0 fully saturated rings. The smallest absolute Gasteiger partial charge is 0.204 e. The third-order valence-electron chi connectivity index (χ3n) is 6.29. The maximum atomic E-state index is 13.3. The molecule has 1 aliphatic carbocycles. The number of hydrogen-bond donors (Lipinski definition) is 1. The van der Waals surface area contributed by atoms with E-state index >= 15 is 0 Å². The molecule has 4 heteroatoms. The first-order chi connectivity index (χ1) is 14.8. The fraction of sp³-hybridized carbons (Fsp3) is 0.259. The van der Waals surface area contributed by atoms with Crippen molar-refractivity contribution in [3.05, 3.63) is 93.2 Å². The van der Waals surface area contributed by atoms with Gasteiger partial charge in [0.1, 0.15) is 5.76 Å². The summed E-state index contributed by atoms with van der Waals surface area (Å²) in [5.41, 5.74) is 9.46. The number of aliphatic hydroxyl groups excluding tert-OH is 1. The summed E-state index contributed by atoms with van der Waals surface area (Å²) < 4.78 is 2.16. The van der Waals surface area contributed by atoms with E-state index in [4.69, 9.17) is 0 Å². The number of rotatable bonds is 5. The van der Waals surface area contributed by atoms with E-state index in [1.807, 2.05) is 45.1 Å². The van der Waals surface area contributed by atoms with Crippen LogP contribution in [0.5, 0.6) is 0 Å². The topological polar surface area (TPSA) is 54.6 Å². The van der Waals surface area contributed by atoms with Crippen LogP contribution in [0, 0.1) is 13.8 Å². The normalized spacial score (nSPS) is 18.3. The highest BCUT2D eigenvalue weighted by molar-refractivity contribution is 6.39. The lowest BCUT2D eigenvalue weighted by atomic mass is 9.82. The highest BCUT2D eigenvalue weighted by Gasteiger charge is 2.41. The first-order valence-electron chi connectivity index (χ1n) is 10.6. The Kier molecular flexibility index (Phi) is 5.18. The number of nitrogens with zero attached hydrogens (tertiary/aromatic N) is 2. The molecule has 0 unspecified atom stereocenters. The van der Waals surface area contributed by atoms with Gasteiger partial charge in [0.25, 0.3) is 0 Å². The Morgan fingerprint density at radius 2 is 1.90 bits per heavy atom. The first-order valence-corrected chi connectivity index (χ1v) is 10.6. The molecule has 0 spiro atoms. The van der Waals surface area contributed by atoms with Gasteiger partial charge >= 0.3 is 0 Å². The van der Waals surface area contributed by atoms with Crippen LogP contribution >= 0.6 is 0 Å². The second kappa shape index (κ2) is 7.69. The van der Waals surface area contributed by atoms with Crippen LogP contribution in [0.4, 0.5) is 0 Å². The predicted molar refractivity (Wildman–Crippen MR) is 127 cm³/mol. The van der Waals surface area contributed by atoms with Gasteiger partial charge in [-0.1, -0.05) is 37.8 Å². The monoisotopic (exact) mass is 412 g/mol. The second-order valence-corrected chi connectivity index (χ2v) is 8.28. The molecule has 158 valence electrons. The Morgan fingerprint density at radius 3 is 2.48 bits per heavy atom. The standard InChI is InChI=1S/C27H28N2O2/c1-7-19-10-9-11-20(13-19)14-29-18(6)21(8-2)17(5)25(29)23-26(30)22(27(23)31)24-15(3)12-16(4)28-24/h7,9-13,30H,1,8,14H2,2-6H3/b24-22-. The van der Waals surface area contributed by atoms with E-state index in [-0.39, 0.29) is 11.5 Å². The highest BCUT2D eigenvalue weighted by atomic mass is 16.3. The average molecular weight is 413 g/mol.